The van der Waals surface area contributed by atoms with Crippen molar-refractivity contribution in [1.82, 2.24) is 5.32 Å². The fourth-order valence-electron chi connectivity index (χ4n) is 1.16. The van der Waals surface area contributed by atoms with Gasteiger partial charge in [0, 0.05) is 13.2 Å². The molecule has 4 heteroatoms. The van der Waals surface area contributed by atoms with E-state index in [-0.39, 0.29) is 16.8 Å². The molecule has 3 nitrogen and oxygen atoms in total. The van der Waals surface area contributed by atoms with E-state index in [0.717, 1.165) is 19.4 Å². The van der Waals surface area contributed by atoms with Crippen molar-refractivity contribution in [3.05, 3.63) is 0 Å². The van der Waals surface area contributed by atoms with E-state index < -0.39 is 0 Å². The molecule has 1 amide bonds. The van der Waals surface area contributed by atoms with E-state index >= 15 is 0 Å². The SMILES string of the molecule is CC(Br)C(=O)NCC1CCCO1. The van der Waals surface area contributed by atoms with Crippen molar-refractivity contribution in [2.45, 2.75) is 30.7 Å². The minimum absolute atomic E-state index is 0.0329. The summed E-state index contributed by atoms with van der Waals surface area (Å²) in [4.78, 5) is 11.0. The minimum Gasteiger partial charge on any atom is -0.376 e. The number of rotatable bonds is 3. The Morgan fingerprint density at radius 2 is 2.58 bits per heavy atom. The number of alkyl halides is 1. The molecule has 0 aromatic carbocycles. The summed E-state index contributed by atoms with van der Waals surface area (Å²) >= 11 is 3.20. The van der Waals surface area contributed by atoms with Crippen LogP contribution in [0.1, 0.15) is 19.8 Å². The molecule has 1 rings (SSSR count). The van der Waals surface area contributed by atoms with E-state index in [1.165, 1.54) is 0 Å². The van der Waals surface area contributed by atoms with Gasteiger partial charge in [-0.1, -0.05) is 15.9 Å². The van der Waals surface area contributed by atoms with Crippen LogP contribution in [0.15, 0.2) is 0 Å². The molecule has 0 aromatic rings. The highest BCUT2D eigenvalue weighted by atomic mass is 79.9. The average Bonchev–Trinajstić information content (AvgIpc) is 2.51. The van der Waals surface area contributed by atoms with Gasteiger partial charge in [0.1, 0.15) is 0 Å². The molecule has 1 saturated heterocycles. The van der Waals surface area contributed by atoms with Gasteiger partial charge in [0.2, 0.25) is 5.91 Å². The van der Waals surface area contributed by atoms with Gasteiger partial charge in [0.25, 0.3) is 0 Å². The summed E-state index contributed by atoms with van der Waals surface area (Å²) < 4.78 is 5.35. The van der Waals surface area contributed by atoms with Gasteiger partial charge >= 0.3 is 0 Å². The van der Waals surface area contributed by atoms with E-state index in [1.807, 2.05) is 6.92 Å². The van der Waals surface area contributed by atoms with Crippen LogP contribution in [0.3, 0.4) is 0 Å². The molecule has 1 heterocycles. The number of carbonyl (C=O) groups is 1. The zero-order chi connectivity index (χ0) is 8.97. The summed E-state index contributed by atoms with van der Waals surface area (Å²) in [6.45, 7) is 3.30. The quantitative estimate of drug-likeness (QED) is 0.744. The van der Waals surface area contributed by atoms with Gasteiger partial charge in [-0.3, -0.25) is 4.79 Å². The van der Waals surface area contributed by atoms with Crippen molar-refractivity contribution >= 4 is 21.8 Å². The highest BCUT2D eigenvalue weighted by Gasteiger charge is 2.17. The van der Waals surface area contributed by atoms with Crippen LogP contribution < -0.4 is 5.32 Å². The first-order valence-corrected chi connectivity index (χ1v) is 5.15. The molecule has 12 heavy (non-hydrogen) atoms. The van der Waals surface area contributed by atoms with Crippen LogP contribution >= 0.6 is 15.9 Å². The smallest absolute Gasteiger partial charge is 0.233 e. The molecule has 1 aliphatic rings. The van der Waals surface area contributed by atoms with Crippen LogP contribution in [0.25, 0.3) is 0 Å². The fraction of sp³-hybridized carbons (Fsp3) is 0.875. The molecule has 0 bridgehead atoms. The average molecular weight is 236 g/mol. The maximum absolute atomic E-state index is 11.1. The number of carbonyl (C=O) groups excluding carboxylic acids is 1. The number of halogens is 1. The topological polar surface area (TPSA) is 38.3 Å². The second kappa shape index (κ2) is 4.82. The summed E-state index contributed by atoms with van der Waals surface area (Å²) in [5, 5.41) is 2.81. The predicted octanol–water partition coefficient (Wildman–Crippen LogP) is 1.06. The second-order valence-corrected chi connectivity index (χ2v) is 4.37. The molecule has 2 unspecified atom stereocenters. The van der Waals surface area contributed by atoms with E-state index in [2.05, 4.69) is 21.2 Å². The third-order valence-corrected chi connectivity index (χ3v) is 2.31. The minimum atomic E-state index is -0.112. The summed E-state index contributed by atoms with van der Waals surface area (Å²) in [5.41, 5.74) is 0. The van der Waals surface area contributed by atoms with Crippen LogP contribution in [-0.4, -0.2) is 30.0 Å². The maximum atomic E-state index is 11.1. The van der Waals surface area contributed by atoms with Gasteiger partial charge in [0.15, 0.2) is 0 Å². The lowest BCUT2D eigenvalue weighted by Crippen LogP contribution is -2.35. The Morgan fingerprint density at radius 1 is 1.83 bits per heavy atom. The van der Waals surface area contributed by atoms with Crippen LogP contribution in [-0.2, 0) is 9.53 Å². The molecule has 1 N–H and O–H groups in total. The summed E-state index contributed by atoms with van der Waals surface area (Å²) in [7, 11) is 0. The molecular weight excluding hydrogens is 222 g/mol. The Hall–Kier alpha value is -0.0900. The third-order valence-electron chi connectivity index (χ3n) is 1.89. The van der Waals surface area contributed by atoms with E-state index in [0.29, 0.717) is 6.54 Å². The number of hydrogen-bond acceptors (Lipinski definition) is 2. The monoisotopic (exact) mass is 235 g/mol. The van der Waals surface area contributed by atoms with E-state index in [1.54, 1.807) is 0 Å². The molecule has 0 spiro atoms. The molecule has 70 valence electrons. The molecular formula is C8H14BrNO2. The molecule has 1 aliphatic heterocycles. The van der Waals surface area contributed by atoms with Crippen LogP contribution in [0.4, 0.5) is 0 Å². The Bertz CT molecular complexity index is 155. The standard InChI is InChI=1S/C8H14BrNO2/c1-6(9)8(11)10-5-7-3-2-4-12-7/h6-7H,2-5H2,1H3,(H,10,11). The fourth-order valence-corrected chi connectivity index (χ4v) is 1.32. The van der Waals surface area contributed by atoms with Crippen molar-refractivity contribution in [3.8, 4) is 0 Å². The number of amides is 1. The number of ether oxygens (including phenoxy) is 1. The Balaban J connectivity index is 2.12. The number of hydrogen-bond donors (Lipinski definition) is 1. The van der Waals surface area contributed by atoms with Gasteiger partial charge in [-0.05, 0) is 19.8 Å². The van der Waals surface area contributed by atoms with Crippen molar-refractivity contribution in [2.24, 2.45) is 0 Å². The largest absolute Gasteiger partial charge is 0.376 e. The highest BCUT2D eigenvalue weighted by Crippen LogP contribution is 2.10. The van der Waals surface area contributed by atoms with Gasteiger partial charge in [0.05, 0.1) is 10.9 Å². The second-order valence-electron chi connectivity index (χ2n) is 3.00. The predicted molar refractivity (Wildman–Crippen MR) is 50.4 cm³/mol. The lowest BCUT2D eigenvalue weighted by atomic mass is 10.2. The van der Waals surface area contributed by atoms with Crippen molar-refractivity contribution < 1.29 is 9.53 Å². The molecule has 1 fully saturated rings. The first-order chi connectivity index (χ1) is 5.70. The Morgan fingerprint density at radius 3 is 3.08 bits per heavy atom. The van der Waals surface area contributed by atoms with Gasteiger partial charge in [-0.25, -0.2) is 0 Å². The van der Waals surface area contributed by atoms with Crippen molar-refractivity contribution in [1.29, 1.82) is 0 Å². The Labute approximate surface area is 81.0 Å². The van der Waals surface area contributed by atoms with E-state index in [4.69, 9.17) is 4.74 Å². The molecule has 2 atom stereocenters. The maximum Gasteiger partial charge on any atom is 0.233 e. The lowest BCUT2D eigenvalue weighted by molar-refractivity contribution is -0.120. The van der Waals surface area contributed by atoms with Gasteiger partial charge in [-0.2, -0.15) is 0 Å². The van der Waals surface area contributed by atoms with Crippen LogP contribution in [0, 0.1) is 0 Å². The highest BCUT2D eigenvalue weighted by molar-refractivity contribution is 9.10. The van der Waals surface area contributed by atoms with Crippen molar-refractivity contribution in [2.75, 3.05) is 13.2 Å². The van der Waals surface area contributed by atoms with Crippen molar-refractivity contribution in [3.63, 3.8) is 0 Å². The van der Waals surface area contributed by atoms with Gasteiger partial charge < -0.3 is 10.1 Å². The Kier molecular flexibility index (Phi) is 4.01. The number of nitrogens with one attached hydrogen (secondary N) is 1. The summed E-state index contributed by atoms with van der Waals surface area (Å²) in [6, 6.07) is 0. The summed E-state index contributed by atoms with van der Waals surface area (Å²) in [6.07, 6.45) is 2.42. The zero-order valence-corrected chi connectivity index (χ0v) is 8.76. The molecule has 0 saturated carbocycles. The normalized spacial score (nSPS) is 25.3. The van der Waals surface area contributed by atoms with Gasteiger partial charge in [-0.15, -0.1) is 0 Å². The summed E-state index contributed by atoms with van der Waals surface area (Å²) in [5.74, 6) is 0.0329. The molecule has 0 aliphatic carbocycles. The first kappa shape index (κ1) is 9.99. The van der Waals surface area contributed by atoms with E-state index in [9.17, 15) is 4.79 Å². The van der Waals surface area contributed by atoms with Crippen LogP contribution in [0.5, 0.6) is 0 Å². The molecule has 0 aromatic heterocycles. The zero-order valence-electron chi connectivity index (χ0n) is 7.18. The first-order valence-electron chi connectivity index (χ1n) is 4.23. The molecule has 0 radical (unpaired) electrons. The third kappa shape index (κ3) is 3.11. The lowest BCUT2D eigenvalue weighted by Gasteiger charge is -2.11. The van der Waals surface area contributed by atoms with Crippen LogP contribution in [0.2, 0.25) is 0 Å².